The van der Waals surface area contributed by atoms with Gasteiger partial charge in [-0.3, -0.25) is 4.99 Å². The second kappa shape index (κ2) is 12.4. The third-order valence-corrected chi connectivity index (χ3v) is 4.26. The van der Waals surface area contributed by atoms with Crippen molar-refractivity contribution in [3.8, 4) is 0 Å². The van der Waals surface area contributed by atoms with Crippen LogP contribution in [0.3, 0.4) is 0 Å². The standard InChI is InChI=1S/C20H27ClFN3O3/c1-2-27-11-4-9-23-20(24-10-8-16-5-3-12-28-16)25-14-19(26)15-6-7-17(21)18(22)13-15/h3,5-7,12-13,19,26H,2,4,8-11,14H2,1H3,(H2,23,24,25). The summed E-state index contributed by atoms with van der Waals surface area (Å²) in [5.41, 5.74) is 0.428. The number of halogens is 2. The molecule has 2 rings (SSSR count). The molecule has 1 heterocycles. The van der Waals surface area contributed by atoms with E-state index in [1.54, 1.807) is 12.3 Å². The zero-order chi connectivity index (χ0) is 20.2. The number of furan rings is 1. The number of nitrogens with zero attached hydrogens (tertiary/aromatic N) is 1. The second-order valence-electron chi connectivity index (χ2n) is 6.11. The maximum absolute atomic E-state index is 13.6. The molecule has 0 aliphatic rings. The Balaban J connectivity index is 1.89. The van der Waals surface area contributed by atoms with Gasteiger partial charge in [0.15, 0.2) is 5.96 Å². The Labute approximate surface area is 169 Å². The summed E-state index contributed by atoms with van der Waals surface area (Å²) in [6, 6.07) is 7.99. The third-order valence-electron chi connectivity index (χ3n) is 3.96. The predicted octanol–water partition coefficient (Wildman–Crippen LogP) is 3.31. The number of nitrogens with one attached hydrogen (secondary N) is 2. The first-order valence-corrected chi connectivity index (χ1v) is 9.73. The van der Waals surface area contributed by atoms with Gasteiger partial charge in [-0.05, 0) is 43.2 Å². The molecule has 2 aromatic rings. The average Bonchev–Trinajstić information content (AvgIpc) is 3.20. The molecule has 0 aliphatic heterocycles. The van der Waals surface area contributed by atoms with E-state index in [0.717, 1.165) is 12.2 Å². The quantitative estimate of drug-likeness (QED) is 0.300. The molecular weight excluding hydrogens is 385 g/mol. The molecule has 0 saturated carbocycles. The highest BCUT2D eigenvalue weighted by atomic mass is 35.5. The van der Waals surface area contributed by atoms with Crippen LogP contribution in [0, 0.1) is 5.82 Å². The van der Waals surface area contributed by atoms with E-state index in [0.29, 0.717) is 44.2 Å². The number of aliphatic hydroxyl groups is 1. The number of ether oxygens (including phenoxy) is 1. The Morgan fingerprint density at radius 1 is 1.32 bits per heavy atom. The normalized spacial score (nSPS) is 12.8. The Kier molecular flexibility index (Phi) is 9.82. The van der Waals surface area contributed by atoms with Crippen molar-refractivity contribution in [3.05, 3.63) is 58.8 Å². The SMILES string of the molecule is CCOCCCNC(=NCC(O)c1ccc(Cl)c(F)c1)NCCc1ccco1. The van der Waals surface area contributed by atoms with Crippen LogP contribution in [0.4, 0.5) is 4.39 Å². The van der Waals surface area contributed by atoms with Gasteiger partial charge in [-0.15, -0.1) is 0 Å². The van der Waals surface area contributed by atoms with Crippen molar-refractivity contribution in [2.45, 2.75) is 25.9 Å². The summed E-state index contributed by atoms with van der Waals surface area (Å²) in [5.74, 6) is 0.879. The molecule has 0 saturated heterocycles. The second-order valence-corrected chi connectivity index (χ2v) is 6.52. The van der Waals surface area contributed by atoms with Crippen LogP contribution in [0.1, 0.15) is 30.8 Å². The van der Waals surface area contributed by atoms with E-state index >= 15 is 0 Å². The smallest absolute Gasteiger partial charge is 0.191 e. The molecule has 0 aliphatic carbocycles. The molecule has 154 valence electrons. The van der Waals surface area contributed by atoms with Gasteiger partial charge in [0, 0.05) is 32.7 Å². The molecule has 0 radical (unpaired) electrons. The minimum atomic E-state index is -0.932. The Morgan fingerprint density at radius 2 is 2.14 bits per heavy atom. The maximum atomic E-state index is 13.6. The van der Waals surface area contributed by atoms with Crippen LogP contribution in [-0.4, -0.2) is 43.9 Å². The summed E-state index contributed by atoms with van der Waals surface area (Å²) in [4.78, 5) is 4.41. The van der Waals surface area contributed by atoms with Crippen LogP contribution >= 0.6 is 11.6 Å². The molecule has 1 aromatic carbocycles. The molecule has 0 amide bonds. The molecule has 8 heteroatoms. The minimum Gasteiger partial charge on any atom is -0.469 e. The molecule has 0 spiro atoms. The zero-order valence-corrected chi connectivity index (χ0v) is 16.7. The van der Waals surface area contributed by atoms with Crippen LogP contribution in [0.25, 0.3) is 0 Å². The summed E-state index contributed by atoms with van der Waals surface area (Å²) in [7, 11) is 0. The van der Waals surface area contributed by atoms with Crippen molar-refractivity contribution in [2.24, 2.45) is 4.99 Å². The van der Waals surface area contributed by atoms with Gasteiger partial charge < -0.3 is 24.9 Å². The van der Waals surface area contributed by atoms with E-state index < -0.39 is 11.9 Å². The molecule has 28 heavy (non-hydrogen) atoms. The van der Waals surface area contributed by atoms with Crippen molar-refractivity contribution in [2.75, 3.05) is 32.8 Å². The fourth-order valence-corrected chi connectivity index (χ4v) is 2.58. The number of hydrogen-bond donors (Lipinski definition) is 3. The van der Waals surface area contributed by atoms with Gasteiger partial charge in [0.2, 0.25) is 0 Å². The number of aliphatic imine (C=N–C) groups is 1. The highest BCUT2D eigenvalue weighted by Crippen LogP contribution is 2.20. The highest BCUT2D eigenvalue weighted by Gasteiger charge is 2.10. The number of aliphatic hydroxyl groups excluding tert-OH is 1. The van der Waals surface area contributed by atoms with E-state index in [1.165, 1.54) is 12.1 Å². The number of hydrogen-bond acceptors (Lipinski definition) is 4. The lowest BCUT2D eigenvalue weighted by Gasteiger charge is -2.14. The summed E-state index contributed by atoms with van der Waals surface area (Å²) in [5, 5.41) is 16.7. The monoisotopic (exact) mass is 411 g/mol. The first-order chi connectivity index (χ1) is 13.6. The lowest BCUT2D eigenvalue weighted by molar-refractivity contribution is 0.145. The molecule has 3 N–H and O–H groups in total. The van der Waals surface area contributed by atoms with Crippen molar-refractivity contribution in [1.82, 2.24) is 10.6 Å². The maximum Gasteiger partial charge on any atom is 0.191 e. The first-order valence-electron chi connectivity index (χ1n) is 9.35. The Bertz CT molecular complexity index is 725. The molecule has 6 nitrogen and oxygen atoms in total. The average molecular weight is 412 g/mol. The van der Waals surface area contributed by atoms with Crippen LogP contribution < -0.4 is 10.6 Å². The van der Waals surface area contributed by atoms with Crippen LogP contribution in [-0.2, 0) is 11.2 Å². The first kappa shape index (κ1) is 22.2. The summed E-state index contributed by atoms with van der Waals surface area (Å²) < 4.78 is 24.2. The van der Waals surface area contributed by atoms with E-state index in [4.69, 9.17) is 20.8 Å². The van der Waals surface area contributed by atoms with E-state index in [1.807, 2.05) is 19.1 Å². The molecular formula is C20H27ClFN3O3. The number of rotatable bonds is 11. The largest absolute Gasteiger partial charge is 0.469 e. The molecule has 1 unspecified atom stereocenters. The number of benzene rings is 1. The van der Waals surface area contributed by atoms with E-state index in [-0.39, 0.29) is 11.6 Å². The van der Waals surface area contributed by atoms with Crippen molar-refractivity contribution < 1.29 is 18.7 Å². The van der Waals surface area contributed by atoms with Crippen LogP contribution in [0.5, 0.6) is 0 Å². The Morgan fingerprint density at radius 3 is 2.86 bits per heavy atom. The van der Waals surface area contributed by atoms with Crippen molar-refractivity contribution >= 4 is 17.6 Å². The lowest BCUT2D eigenvalue weighted by atomic mass is 10.1. The summed E-state index contributed by atoms with van der Waals surface area (Å²) >= 11 is 5.68. The van der Waals surface area contributed by atoms with Gasteiger partial charge in [-0.2, -0.15) is 0 Å². The minimum absolute atomic E-state index is 0.0238. The lowest BCUT2D eigenvalue weighted by Crippen LogP contribution is -2.39. The van der Waals surface area contributed by atoms with Gasteiger partial charge >= 0.3 is 0 Å². The summed E-state index contributed by atoms with van der Waals surface area (Å²) in [6.45, 7) is 4.69. The van der Waals surface area contributed by atoms with Gasteiger partial charge in [-0.1, -0.05) is 17.7 Å². The van der Waals surface area contributed by atoms with Crippen molar-refractivity contribution in [3.63, 3.8) is 0 Å². The van der Waals surface area contributed by atoms with Crippen molar-refractivity contribution in [1.29, 1.82) is 0 Å². The van der Waals surface area contributed by atoms with E-state index in [2.05, 4.69) is 15.6 Å². The van der Waals surface area contributed by atoms with Gasteiger partial charge in [0.25, 0.3) is 0 Å². The molecule has 1 aromatic heterocycles. The highest BCUT2D eigenvalue weighted by molar-refractivity contribution is 6.30. The molecule has 0 bridgehead atoms. The third kappa shape index (κ3) is 7.88. The van der Waals surface area contributed by atoms with Crippen LogP contribution in [0.2, 0.25) is 5.02 Å². The van der Waals surface area contributed by atoms with Gasteiger partial charge in [0.1, 0.15) is 11.6 Å². The zero-order valence-electron chi connectivity index (χ0n) is 16.0. The predicted molar refractivity (Wildman–Crippen MR) is 108 cm³/mol. The molecule has 1 atom stereocenters. The van der Waals surface area contributed by atoms with Gasteiger partial charge in [-0.25, -0.2) is 4.39 Å². The van der Waals surface area contributed by atoms with Crippen LogP contribution in [0.15, 0.2) is 46.0 Å². The topological polar surface area (TPSA) is 79.0 Å². The van der Waals surface area contributed by atoms with Gasteiger partial charge in [0.05, 0.1) is 23.9 Å². The Hall–Kier alpha value is -2.09. The van der Waals surface area contributed by atoms with E-state index in [9.17, 15) is 9.50 Å². The summed E-state index contributed by atoms with van der Waals surface area (Å²) in [6.07, 6.45) is 2.24. The fourth-order valence-electron chi connectivity index (χ4n) is 2.46. The number of guanidine groups is 1. The fraction of sp³-hybridized carbons (Fsp3) is 0.450. The molecule has 0 fully saturated rings.